The van der Waals surface area contributed by atoms with E-state index >= 15 is 0 Å². The lowest BCUT2D eigenvalue weighted by atomic mass is 9.95. The SMILES string of the molecule is CC[C@@H](C(=O)N(Cc1nc(C(=O)NC2CC2)co1)C1CC1)c1ccccc1. The molecule has 0 aliphatic heterocycles. The summed E-state index contributed by atoms with van der Waals surface area (Å²) in [6.07, 6.45) is 6.19. The quantitative estimate of drug-likeness (QED) is 0.777. The highest BCUT2D eigenvalue weighted by atomic mass is 16.3. The first-order valence-corrected chi connectivity index (χ1v) is 9.76. The van der Waals surface area contributed by atoms with Crippen LogP contribution in [-0.4, -0.2) is 33.8 Å². The molecule has 1 aromatic heterocycles. The molecule has 1 heterocycles. The first kappa shape index (κ1) is 17.8. The van der Waals surface area contributed by atoms with Gasteiger partial charge in [-0.25, -0.2) is 4.98 Å². The first-order valence-electron chi connectivity index (χ1n) is 9.76. The Morgan fingerprint density at radius 3 is 2.59 bits per heavy atom. The number of benzene rings is 1. The molecule has 2 aliphatic rings. The van der Waals surface area contributed by atoms with E-state index in [-0.39, 0.29) is 35.5 Å². The summed E-state index contributed by atoms with van der Waals surface area (Å²) >= 11 is 0. The van der Waals surface area contributed by atoms with Crippen LogP contribution < -0.4 is 5.32 Å². The fourth-order valence-corrected chi connectivity index (χ4v) is 3.33. The summed E-state index contributed by atoms with van der Waals surface area (Å²) in [5, 5.41) is 2.90. The topological polar surface area (TPSA) is 75.4 Å². The maximum atomic E-state index is 13.2. The average Bonchev–Trinajstić information content (AvgIpc) is 3.61. The molecule has 2 aromatic rings. The maximum absolute atomic E-state index is 13.2. The maximum Gasteiger partial charge on any atom is 0.273 e. The van der Waals surface area contributed by atoms with E-state index in [2.05, 4.69) is 10.3 Å². The van der Waals surface area contributed by atoms with Gasteiger partial charge in [0.2, 0.25) is 11.8 Å². The van der Waals surface area contributed by atoms with Crippen molar-refractivity contribution >= 4 is 11.8 Å². The van der Waals surface area contributed by atoms with E-state index in [1.54, 1.807) is 0 Å². The van der Waals surface area contributed by atoms with Gasteiger partial charge in [0.1, 0.15) is 6.26 Å². The molecule has 6 nitrogen and oxygen atoms in total. The van der Waals surface area contributed by atoms with Gasteiger partial charge in [-0.05, 0) is 37.7 Å². The molecule has 0 unspecified atom stereocenters. The molecule has 0 radical (unpaired) electrons. The molecule has 2 fully saturated rings. The van der Waals surface area contributed by atoms with Crippen molar-refractivity contribution in [3.05, 3.63) is 53.7 Å². The van der Waals surface area contributed by atoms with Crippen LogP contribution >= 0.6 is 0 Å². The molecular weight excluding hydrogens is 342 g/mol. The van der Waals surface area contributed by atoms with Gasteiger partial charge in [-0.3, -0.25) is 9.59 Å². The number of hydrogen-bond acceptors (Lipinski definition) is 4. The lowest BCUT2D eigenvalue weighted by molar-refractivity contribution is -0.134. The lowest BCUT2D eigenvalue weighted by Gasteiger charge is -2.26. The van der Waals surface area contributed by atoms with Gasteiger partial charge in [-0.2, -0.15) is 0 Å². The second-order valence-electron chi connectivity index (χ2n) is 7.44. The minimum atomic E-state index is -0.201. The van der Waals surface area contributed by atoms with Crippen molar-refractivity contribution in [1.29, 1.82) is 0 Å². The minimum Gasteiger partial charge on any atom is -0.446 e. The standard InChI is InChI=1S/C21H25N3O3/c1-2-17(14-6-4-3-5-7-14)21(26)24(16-10-11-16)12-19-23-18(13-27-19)20(25)22-15-8-9-15/h3-7,13,15-17H,2,8-12H2,1H3,(H,22,25)/t17-/m1/s1. The zero-order valence-corrected chi connectivity index (χ0v) is 15.6. The second-order valence-corrected chi connectivity index (χ2v) is 7.44. The van der Waals surface area contributed by atoms with Crippen molar-refractivity contribution in [2.75, 3.05) is 0 Å². The number of hydrogen-bond donors (Lipinski definition) is 1. The van der Waals surface area contributed by atoms with E-state index in [0.717, 1.165) is 37.7 Å². The summed E-state index contributed by atoms with van der Waals surface area (Å²) < 4.78 is 5.50. The fourth-order valence-electron chi connectivity index (χ4n) is 3.33. The van der Waals surface area contributed by atoms with Crippen LogP contribution in [0.4, 0.5) is 0 Å². The van der Waals surface area contributed by atoms with Crippen LogP contribution in [0, 0.1) is 0 Å². The molecule has 0 saturated heterocycles. The van der Waals surface area contributed by atoms with Gasteiger partial charge in [0.15, 0.2) is 5.69 Å². The Balaban J connectivity index is 1.47. The summed E-state index contributed by atoms with van der Waals surface area (Å²) in [5.74, 6) is 0.152. The van der Waals surface area contributed by atoms with Crippen LogP contribution in [0.2, 0.25) is 0 Å². The number of aromatic nitrogens is 1. The number of amides is 2. The van der Waals surface area contributed by atoms with Crippen LogP contribution in [0.25, 0.3) is 0 Å². The Bertz CT molecular complexity index is 809. The number of nitrogens with one attached hydrogen (secondary N) is 1. The van der Waals surface area contributed by atoms with Crippen LogP contribution in [-0.2, 0) is 11.3 Å². The molecule has 2 aliphatic carbocycles. The normalized spacial score (nSPS) is 17.4. The van der Waals surface area contributed by atoms with Gasteiger partial charge in [0, 0.05) is 12.1 Å². The number of nitrogens with zero attached hydrogens (tertiary/aromatic N) is 2. The van der Waals surface area contributed by atoms with E-state index < -0.39 is 0 Å². The van der Waals surface area contributed by atoms with Gasteiger partial charge in [-0.15, -0.1) is 0 Å². The molecule has 1 aromatic carbocycles. The summed E-state index contributed by atoms with van der Waals surface area (Å²) in [4.78, 5) is 31.5. The fraction of sp³-hybridized carbons (Fsp3) is 0.476. The number of rotatable bonds is 8. The Morgan fingerprint density at radius 2 is 1.96 bits per heavy atom. The van der Waals surface area contributed by atoms with Crippen molar-refractivity contribution in [3.8, 4) is 0 Å². The third-order valence-electron chi connectivity index (χ3n) is 5.18. The Kier molecular flexibility index (Phi) is 4.97. The molecule has 1 N–H and O–H groups in total. The molecule has 4 rings (SSSR count). The lowest BCUT2D eigenvalue weighted by Crippen LogP contribution is -2.36. The smallest absolute Gasteiger partial charge is 0.273 e. The van der Waals surface area contributed by atoms with Gasteiger partial charge in [0.05, 0.1) is 12.5 Å². The second kappa shape index (κ2) is 7.55. The molecule has 2 amide bonds. The number of carbonyl (C=O) groups excluding carboxylic acids is 2. The van der Waals surface area contributed by atoms with Crippen molar-refractivity contribution in [2.45, 2.75) is 63.6 Å². The van der Waals surface area contributed by atoms with Crippen molar-refractivity contribution < 1.29 is 14.0 Å². The predicted molar refractivity (Wildman–Crippen MR) is 100 cm³/mol. The van der Waals surface area contributed by atoms with Crippen LogP contribution in [0.5, 0.6) is 0 Å². The third kappa shape index (κ3) is 4.21. The third-order valence-corrected chi connectivity index (χ3v) is 5.18. The summed E-state index contributed by atoms with van der Waals surface area (Å²) in [6, 6.07) is 10.4. The Morgan fingerprint density at radius 1 is 1.22 bits per heavy atom. The molecule has 1 atom stereocenters. The van der Waals surface area contributed by atoms with Gasteiger partial charge >= 0.3 is 0 Å². The Hall–Kier alpha value is -2.63. The van der Waals surface area contributed by atoms with E-state index in [1.807, 2.05) is 42.2 Å². The van der Waals surface area contributed by atoms with Crippen LogP contribution in [0.3, 0.4) is 0 Å². The molecule has 142 valence electrons. The number of carbonyl (C=O) groups is 2. The number of oxazole rings is 1. The van der Waals surface area contributed by atoms with E-state index in [9.17, 15) is 9.59 Å². The van der Waals surface area contributed by atoms with Gasteiger partial charge in [-0.1, -0.05) is 37.3 Å². The average molecular weight is 367 g/mol. The molecule has 0 bridgehead atoms. The minimum absolute atomic E-state index is 0.105. The highest BCUT2D eigenvalue weighted by Crippen LogP contribution is 2.32. The zero-order valence-electron chi connectivity index (χ0n) is 15.6. The monoisotopic (exact) mass is 367 g/mol. The molecule has 0 spiro atoms. The summed E-state index contributed by atoms with van der Waals surface area (Å²) in [6.45, 7) is 2.34. The van der Waals surface area contributed by atoms with Crippen LogP contribution in [0.1, 0.15) is 66.9 Å². The molecular formula is C21H25N3O3. The molecule has 2 saturated carbocycles. The van der Waals surface area contributed by atoms with E-state index in [4.69, 9.17) is 4.42 Å². The van der Waals surface area contributed by atoms with Gasteiger partial charge < -0.3 is 14.6 Å². The van der Waals surface area contributed by atoms with Crippen molar-refractivity contribution in [3.63, 3.8) is 0 Å². The zero-order chi connectivity index (χ0) is 18.8. The van der Waals surface area contributed by atoms with Crippen molar-refractivity contribution in [1.82, 2.24) is 15.2 Å². The van der Waals surface area contributed by atoms with E-state index in [0.29, 0.717) is 12.4 Å². The molecule has 27 heavy (non-hydrogen) atoms. The highest BCUT2D eigenvalue weighted by molar-refractivity contribution is 5.92. The van der Waals surface area contributed by atoms with Crippen molar-refractivity contribution in [2.24, 2.45) is 0 Å². The highest BCUT2D eigenvalue weighted by Gasteiger charge is 2.37. The van der Waals surface area contributed by atoms with E-state index in [1.165, 1.54) is 6.26 Å². The first-order chi connectivity index (χ1) is 13.2. The van der Waals surface area contributed by atoms with Crippen LogP contribution in [0.15, 0.2) is 41.0 Å². The summed E-state index contributed by atoms with van der Waals surface area (Å²) in [5.41, 5.74) is 1.32. The molecule has 6 heteroatoms. The summed E-state index contributed by atoms with van der Waals surface area (Å²) in [7, 11) is 0. The predicted octanol–water partition coefficient (Wildman–Crippen LogP) is 3.25. The Labute approximate surface area is 159 Å². The van der Waals surface area contributed by atoms with Gasteiger partial charge in [0.25, 0.3) is 5.91 Å². The largest absolute Gasteiger partial charge is 0.446 e.